The Kier molecular flexibility index (Phi) is 4.36. The van der Waals surface area contributed by atoms with Gasteiger partial charge in [0.25, 0.3) is 0 Å². The molecule has 3 rings (SSSR count). The highest BCUT2D eigenvalue weighted by Crippen LogP contribution is 2.45. The number of sulfone groups is 1. The first kappa shape index (κ1) is 18.2. The first-order valence-corrected chi connectivity index (χ1v) is 10.2. The molecule has 0 aliphatic carbocycles. The number of hydrogen-bond donors (Lipinski definition) is 0. The molecule has 2 atom stereocenters. The molecule has 1 aromatic rings. The van der Waals surface area contributed by atoms with Crippen LogP contribution in [-0.2, 0) is 14.6 Å². The van der Waals surface area contributed by atoms with Crippen LogP contribution < -0.4 is 0 Å². The number of halogens is 1. The summed E-state index contributed by atoms with van der Waals surface area (Å²) in [6, 6.07) is 5.60. The van der Waals surface area contributed by atoms with Gasteiger partial charge in [-0.15, -0.1) is 0 Å². The molecule has 0 radical (unpaired) electrons. The van der Waals surface area contributed by atoms with E-state index in [0.717, 1.165) is 5.56 Å². The Labute approximate surface area is 156 Å². The van der Waals surface area contributed by atoms with Gasteiger partial charge in [0.15, 0.2) is 0 Å². The second-order valence-corrected chi connectivity index (χ2v) is 9.96. The summed E-state index contributed by atoms with van der Waals surface area (Å²) in [6.07, 6.45) is 3.02. The van der Waals surface area contributed by atoms with Gasteiger partial charge in [0, 0.05) is 4.48 Å². The van der Waals surface area contributed by atoms with Gasteiger partial charge in [0.05, 0.1) is 21.9 Å². The average molecular weight is 426 g/mol. The summed E-state index contributed by atoms with van der Waals surface area (Å²) in [5, 5.41) is 0. The lowest BCUT2D eigenvalue weighted by molar-refractivity contribution is 0.0244. The molecule has 2 bridgehead atoms. The zero-order valence-corrected chi connectivity index (χ0v) is 16.9. The maximum absolute atomic E-state index is 13.1. The highest BCUT2D eigenvalue weighted by Gasteiger charge is 2.50. The number of rotatable bonds is 2. The molecule has 0 N–H and O–H groups in total. The summed E-state index contributed by atoms with van der Waals surface area (Å²) in [4.78, 5) is 14.4. The number of fused-ring (bicyclic) bond motifs is 2. The minimum Gasteiger partial charge on any atom is -0.444 e. The second kappa shape index (κ2) is 5.99. The summed E-state index contributed by atoms with van der Waals surface area (Å²) in [6.45, 7) is 7.24. The van der Waals surface area contributed by atoms with E-state index in [1.165, 1.54) is 4.90 Å². The monoisotopic (exact) mass is 425 g/mol. The third kappa shape index (κ3) is 3.15. The molecule has 2 aliphatic rings. The van der Waals surface area contributed by atoms with Gasteiger partial charge in [-0.1, -0.05) is 45.8 Å². The van der Waals surface area contributed by atoms with E-state index in [2.05, 4.69) is 15.9 Å². The Morgan fingerprint density at radius 1 is 1.12 bits per heavy atom. The van der Waals surface area contributed by atoms with Gasteiger partial charge in [-0.25, -0.2) is 13.2 Å². The number of carbonyl (C=O) groups is 1. The molecule has 134 valence electrons. The van der Waals surface area contributed by atoms with Gasteiger partial charge in [-0.05, 0) is 39.8 Å². The van der Waals surface area contributed by atoms with Crippen LogP contribution in [0.5, 0.6) is 0 Å². The molecule has 5 nitrogen and oxygen atoms in total. The summed E-state index contributed by atoms with van der Waals surface area (Å²) in [7, 11) is -3.71. The molecule has 2 aliphatic heterocycles. The van der Waals surface area contributed by atoms with E-state index in [0.29, 0.717) is 4.48 Å². The Balaban J connectivity index is 1.96. The molecule has 0 fully saturated rings. The maximum atomic E-state index is 13.1. The van der Waals surface area contributed by atoms with Gasteiger partial charge in [-0.3, -0.25) is 4.90 Å². The van der Waals surface area contributed by atoms with Gasteiger partial charge >= 0.3 is 6.09 Å². The minimum atomic E-state index is -3.71. The van der Waals surface area contributed by atoms with Crippen LogP contribution in [0.15, 0.2) is 50.7 Å². The summed E-state index contributed by atoms with van der Waals surface area (Å²) in [5.74, 6) is 0. The number of benzene rings is 1. The number of ether oxygens (including phenoxy) is 1. The van der Waals surface area contributed by atoms with Crippen molar-refractivity contribution in [1.82, 2.24) is 4.90 Å². The zero-order chi connectivity index (χ0) is 18.6. The Bertz CT molecular complexity index is 879. The van der Waals surface area contributed by atoms with Crippen molar-refractivity contribution in [3.63, 3.8) is 0 Å². The van der Waals surface area contributed by atoms with Gasteiger partial charge in [0.2, 0.25) is 9.84 Å². The van der Waals surface area contributed by atoms with Crippen LogP contribution in [-0.4, -0.2) is 37.1 Å². The van der Waals surface area contributed by atoms with Crippen molar-refractivity contribution in [2.24, 2.45) is 0 Å². The third-order valence-electron chi connectivity index (χ3n) is 4.06. The van der Waals surface area contributed by atoms with Crippen molar-refractivity contribution < 1.29 is 17.9 Å². The number of nitrogens with zero attached hydrogens (tertiary/aromatic N) is 1. The Morgan fingerprint density at radius 3 is 2.24 bits per heavy atom. The molecule has 1 amide bonds. The zero-order valence-electron chi connectivity index (χ0n) is 14.5. The number of carbonyl (C=O) groups excluding carboxylic acids is 1. The molecular weight excluding hydrogens is 406 g/mol. The summed E-state index contributed by atoms with van der Waals surface area (Å²) in [5.41, 5.74) is 0.330. The number of aryl methyl sites for hydroxylation is 1. The smallest absolute Gasteiger partial charge is 0.411 e. The Morgan fingerprint density at radius 2 is 1.68 bits per heavy atom. The fraction of sp³-hybridized carbons (Fsp3) is 0.389. The lowest BCUT2D eigenvalue weighted by atomic mass is 10.2. The van der Waals surface area contributed by atoms with E-state index in [9.17, 15) is 13.2 Å². The van der Waals surface area contributed by atoms with Crippen molar-refractivity contribution in [3.05, 3.63) is 51.4 Å². The van der Waals surface area contributed by atoms with Crippen molar-refractivity contribution in [3.8, 4) is 0 Å². The van der Waals surface area contributed by atoms with Crippen molar-refractivity contribution in [2.75, 3.05) is 0 Å². The van der Waals surface area contributed by atoms with E-state index in [-0.39, 0.29) is 9.80 Å². The van der Waals surface area contributed by atoms with E-state index in [1.54, 1.807) is 51.1 Å². The molecule has 0 saturated heterocycles. The third-order valence-corrected chi connectivity index (χ3v) is 7.16. The second-order valence-electron chi connectivity index (χ2n) is 7.19. The van der Waals surface area contributed by atoms with E-state index in [4.69, 9.17) is 4.74 Å². The highest BCUT2D eigenvalue weighted by atomic mass is 79.9. The summed E-state index contributed by atoms with van der Waals surface area (Å²) < 4.78 is 32.1. The fourth-order valence-electron chi connectivity index (χ4n) is 2.95. The lowest BCUT2D eigenvalue weighted by Crippen LogP contribution is -2.42. The van der Waals surface area contributed by atoms with Gasteiger partial charge < -0.3 is 4.74 Å². The predicted octanol–water partition coefficient (Wildman–Crippen LogP) is 3.93. The average Bonchev–Trinajstić information content (AvgIpc) is 3.01. The van der Waals surface area contributed by atoms with Gasteiger partial charge in [-0.2, -0.15) is 0 Å². The molecule has 0 unspecified atom stereocenters. The fourth-order valence-corrected chi connectivity index (χ4v) is 5.83. The largest absolute Gasteiger partial charge is 0.444 e. The van der Waals surface area contributed by atoms with Crippen molar-refractivity contribution in [1.29, 1.82) is 0 Å². The first-order chi connectivity index (χ1) is 11.5. The van der Waals surface area contributed by atoms with Crippen LogP contribution in [0.2, 0.25) is 0 Å². The van der Waals surface area contributed by atoms with E-state index in [1.807, 2.05) is 13.0 Å². The van der Waals surface area contributed by atoms with E-state index >= 15 is 0 Å². The maximum Gasteiger partial charge on any atom is 0.411 e. The predicted molar refractivity (Wildman–Crippen MR) is 99.1 cm³/mol. The van der Waals surface area contributed by atoms with Crippen LogP contribution in [0, 0.1) is 6.92 Å². The Hall–Kier alpha value is -1.60. The first-order valence-electron chi connectivity index (χ1n) is 7.93. The topological polar surface area (TPSA) is 63.7 Å². The SMILES string of the molecule is Cc1ccc(S(=O)(=O)C2=C(Br)[C@@H]3C=C[C@H]2N3C(=O)OC(C)(C)C)cc1. The quantitative estimate of drug-likeness (QED) is 0.673. The number of amides is 1. The molecule has 0 spiro atoms. The van der Waals surface area contributed by atoms with Crippen LogP contribution in [0.1, 0.15) is 26.3 Å². The molecule has 2 heterocycles. The molecular formula is C18H20BrNO4S. The van der Waals surface area contributed by atoms with Crippen molar-refractivity contribution >= 4 is 31.9 Å². The number of hydrogen-bond acceptors (Lipinski definition) is 4. The standard InChI is InChI=1S/C18H20BrNO4S/c1-11-5-7-12(8-6-11)25(22,23)16-14-10-9-13(15(16)19)20(14)17(21)24-18(2,3)4/h5-10,13-14H,1-4H3/t13-,14+/m0/s1. The summed E-state index contributed by atoms with van der Waals surface area (Å²) >= 11 is 3.40. The van der Waals surface area contributed by atoms with Crippen LogP contribution in [0.25, 0.3) is 0 Å². The molecule has 7 heteroatoms. The molecule has 25 heavy (non-hydrogen) atoms. The van der Waals surface area contributed by atoms with Crippen LogP contribution in [0.3, 0.4) is 0 Å². The minimum absolute atomic E-state index is 0.203. The molecule has 1 aromatic carbocycles. The molecule has 0 saturated carbocycles. The normalized spacial score (nSPS) is 22.7. The van der Waals surface area contributed by atoms with Crippen LogP contribution >= 0.6 is 15.9 Å². The van der Waals surface area contributed by atoms with Crippen LogP contribution in [0.4, 0.5) is 4.79 Å². The lowest BCUT2D eigenvalue weighted by Gasteiger charge is -2.28. The molecule has 0 aromatic heterocycles. The van der Waals surface area contributed by atoms with E-state index < -0.39 is 33.6 Å². The highest BCUT2D eigenvalue weighted by molar-refractivity contribution is 9.11. The van der Waals surface area contributed by atoms with Crippen molar-refractivity contribution in [2.45, 2.75) is 50.3 Å². The van der Waals surface area contributed by atoms with Gasteiger partial charge in [0.1, 0.15) is 5.60 Å².